The van der Waals surface area contributed by atoms with Gasteiger partial charge in [0.25, 0.3) is 0 Å². The second-order valence-electron chi connectivity index (χ2n) is 3.24. The first-order chi connectivity index (χ1) is 7.72. The van der Waals surface area contributed by atoms with Crippen molar-refractivity contribution in [2.75, 3.05) is 11.9 Å². The van der Waals surface area contributed by atoms with Crippen LogP contribution in [-0.2, 0) is 0 Å². The average molecular weight is 221 g/mol. The summed E-state index contributed by atoms with van der Waals surface area (Å²) in [6.07, 6.45) is 4.42. The van der Waals surface area contributed by atoms with Crippen LogP contribution in [0, 0.1) is 12.7 Å². The maximum atomic E-state index is 13.6. The van der Waals surface area contributed by atoms with Crippen molar-refractivity contribution in [3.63, 3.8) is 0 Å². The molecular weight excluding hydrogens is 209 g/mol. The van der Waals surface area contributed by atoms with Crippen LogP contribution in [0.1, 0.15) is 12.7 Å². The second kappa shape index (κ2) is 4.26. The van der Waals surface area contributed by atoms with Gasteiger partial charge >= 0.3 is 0 Å². The Morgan fingerprint density at radius 2 is 2.25 bits per heavy atom. The van der Waals surface area contributed by atoms with Crippen LogP contribution in [0.15, 0.2) is 18.6 Å². The van der Waals surface area contributed by atoms with Gasteiger partial charge < -0.3 is 5.32 Å². The zero-order valence-corrected chi connectivity index (χ0v) is 9.11. The first-order valence-corrected chi connectivity index (χ1v) is 4.99. The van der Waals surface area contributed by atoms with E-state index in [1.165, 1.54) is 0 Å². The van der Waals surface area contributed by atoms with Gasteiger partial charge in [-0.3, -0.25) is 4.57 Å². The van der Waals surface area contributed by atoms with Crippen molar-refractivity contribution in [2.24, 2.45) is 0 Å². The van der Waals surface area contributed by atoms with E-state index in [1.807, 2.05) is 6.92 Å². The highest BCUT2D eigenvalue weighted by Gasteiger charge is 2.10. The summed E-state index contributed by atoms with van der Waals surface area (Å²) in [7, 11) is 0. The normalized spacial score (nSPS) is 10.4. The zero-order chi connectivity index (χ0) is 11.5. The minimum atomic E-state index is -0.470. The molecule has 0 aliphatic heterocycles. The van der Waals surface area contributed by atoms with Gasteiger partial charge in [0, 0.05) is 18.9 Å². The topological polar surface area (TPSA) is 55.6 Å². The molecule has 0 aromatic carbocycles. The third-order valence-corrected chi connectivity index (χ3v) is 2.11. The molecule has 0 amide bonds. The lowest BCUT2D eigenvalue weighted by Crippen LogP contribution is -2.08. The van der Waals surface area contributed by atoms with Crippen molar-refractivity contribution in [2.45, 2.75) is 13.8 Å². The number of hydrogen-bond donors (Lipinski definition) is 1. The van der Waals surface area contributed by atoms with Gasteiger partial charge in [0.2, 0.25) is 5.95 Å². The number of halogens is 1. The second-order valence-corrected chi connectivity index (χ2v) is 3.24. The number of nitrogens with one attached hydrogen (secondary N) is 1. The Kier molecular flexibility index (Phi) is 2.80. The van der Waals surface area contributed by atoms with Gasteiger partial charge in [0.1, 0.15) is 5.82 Å². The third kappa shape index (κ3) is 1.86. The quantitative estimate of drug-likeness (QED) is 0.854. The van der Waals surface area contributed by atoms with Gasteiger partial charge in [0.05, 0.1) is 6.20 Å². The predicted octanol–water partition coefficient (Wildman–Crippen LogP) is 1.54. The summed E-state index contributed by atoms with van der Waals surface area (Å²) >= 11 is 0. The number of aromatic nitrogens is 4. The Balaban J connectivity index is 2.47. The van der Waals surface area contributed by atoms with E-state index in [2.05, 4.69) is 20.3 Å². The van der Waals surface area contributed by atoms with Crippen molar-refractivity contribution >= 4 is 5.95 Å². The largest absolute Gasteiger partial charge is 0.354 e. The minimum absolute atomic E-state index is 0.209. The molecule has 0 fully saturated rings. The van der Waals surface area contributed by atoms with Crippen molar-refractivity contribution < 1.29 is 4.39 Å². The average Bonchev–Trinajstić information content (AvgIpc) is 2.68. The van der Waals surface area contributed by atoms with Crippen LogP contribution in [-0.4, -0.2) is 26.1 Å². The smallest absolute Gasteiger partial charge is 0.224 e. The van der Waals surface area contributed by atoms with Crippen molar-refractivity contribution in [1.82, 2.24) is 19.5 Å². The number of rotatable bonds is 3. The van der Waals surface area contributed by atoms with Gasteiger partial charge in [-0.15, -0.1) is 0 Å². The van der Waals surface area contributed by atoms with E-state index in [0.29, 0.717) is 18.3 Å². The Morgan fingerprint density at radius 1 is 1.44 bits per heavy atom. The fraction of sp³-hybridized carbons (Fsp3) is 0.300. The number of aryl methyl sites for hydroxylation is 1. The summed E-state index contributed by atoms with van der Waals surface area (Å²) in [6, 6.07) is 0. The molecule has 6 heteroatoms. The zero-order valence-electron chi connectivity index (χ0n) is 9.11. The minimum Gasteiger partial charge on any atom is -0.354 e. The molecule has 0 saturated heterocycles. The summed E-state index contributed by atoms with van der Waals surface area (Å²) in [5.74, 6) is 0.829. The molecule has 0 aliphatic rings. The number of anilines is 1. The lowest BCUT2D eigenvalue weighted by molar-refractivity contribution is 0.600. The van der Waals surface area contributed by atoms with Gasteiger partial charge in [-0.25, -0.2) is 14.4 Å². The van der Waals surface area contributed by atoms with Crippen molar-refractivity contribution in [3.8, 4) is 5.82 Å². The molecule has 0 unspecified atom stereocenters. The van der Waals surface area contributed by atoms with Crippen LogP contribution >= 0.6 is 0 Å². The van der Waals surface area contributed by atoms with Crippen LogP contribution in [0.4, 0.5) is 10.3 Å². The molecule has 0 saturated carbocycles. The van der Waals surface area contributed by atoms with E-state index in [1.54, 1.807) is 23.9 Å². The van der Waals surface area contributed by atoms with Gasteiger partial charge in [0.15, 0.2) is 11.6 Å². The molecule has 16 heavy (non-hydrogen) atoms. The van der Waals surface area contributed by atoms with Crippen molar-refractivity contribution in [3.05, 3.63) is 30.2 Å². The number of hydrogen-bond acceptors (Lipinski definition) is 4. The standard InChI is InChI=1S/C10H12FN5/c1-3-12-10-14-6-8(11)9(15-10)16-5-4-13-7(16)2/h4-6H,3H2,1-2H3,(H,12,14,15). The first kappa shape index (κ1) is 10.5. The highest BCUT2D eigenvalue weighted by atomic mass is 19.1. The summed E-state index contributed by atoms with van der Waals surface area (Å²) in [5.41, 5.74) is 0. The molecule has 1 N–H and O–H groups in total. The van der Waals surface area contributed by atoms with Crippen LogP contribution in [0.5, 0.6) is 0 Å². The Morgan fingerprint density at radius 3 is 2.88 bits per heavy atom. The summed E-state index contributed by atoms with van der Waals surface area (Å²) < 4.78 is 15.1. The van der Waals surface area contributed by atoms with Gasteiger partial charge in [-0.2, -0.15) is 4.98 Å². The van der Waals surface area contributed by atoms with Gasteiger partial charge in [-0.05, 0) is 13.8 Å². The third-order valence-electron chi connectivity index (χ3n) is 2.11. The first-order valence-electron chi connectivity index (χ1n) is 4.99. The molecule has 2 aromatic rings. The van der Waals surface area contributed by atoms with Crippen molar-refractivity contribution in [1.29, 1.82) is 0 Å². The number of nitrogens with zero attached hydrogens (tertiary/aromatic N) is 4. The summed E-state index contributed by atoms with van der Waals surface area (Å²) in [4.78, 5) is 12.0. The molecule has 0 bridgehead atoms. The maximum Gasteiger partial charge on any atom is 0.224 e. The van der Waals surface area contributed by atoms with Crippen LogP contribution in [0.25, 0.3) is 5.82 Å². The molecule has 0 spiro atoms. The summed E-state index contributed by atoms with van der Waals surface area (Å²) in [5, 5.41) is 2.93. The van der Waals surface area contributed by atoms with E-state index in [4.69, 9.17) is 0 Å². The molecule has 0 aliphatic carbocycles. The molecular formula is C10H12FN5. The highest BCUT2D eigenvalue weighted by Crippen LogP contribution is 2.13. The Bertz CT molecular complexity index is 494. The molecule has 2 aromatic heterocycles. The molecule has 0 atom stereocenters. The fourth-order valence-corrected chi connectivity index (χ4v) is 1.37. The lowest BCUT2D eigenvalue weighted by Gasteiger charge is -2.07. The molecule has 84 valence electrons. The highest BCUT2D eigenvalue weighted by molar-refractivity contribution is 5.33. The van der Waals surface area contributed by atoms with Gasteiger partial charge in [-0.1, -0.05) is 0 Å². The molecule has 2 heterocycles. The maximum absolute atomic E-state index is 13.6. The Hall–Kier alpha value is -1.98. The molecule has 2 rings (SSSR count). The van der Waals surface area contributed by atoms with Crippen LogP contribution in [0.3, 0.4) is 0 Å². The fourth-order valence-electron chi connectivity index (χ4n) is 1.37. The molecule has 5 nitrogen and oxygen atoms in total. The van der Waals surface area contributed by atoms with E-state index >= 15 is 0 Å². The van der Waals surface area contributed by atoms with E-state index < -0.39 is 5.82 Å². The Labute approximate surface area is 92.4 Å². The van der Waals surface area contributed by atoms with Crippen LogP contribution in [0.2, 0.25) is 0 Å². The summed E-state index contributed by atoms with van der Waals surface area (Å²) in [6.45, 7) is 4.40. The van der Waals surface area contributed by atoms with E-state index in [9.17, 15) is 4.39 Å². The molecule has 0 radical (unpaired) electrons. The monoisotopic (exact) mass is 221 g/mol. The SMILES string of the molecule is CCNc1ncc(F)c(-n2ccnc2C)n1. The van der Waals surface area contributed by atoms with E-state index in [-0.39, 0.29) is 5.82 Å². The van der Waals surface area contributed by atoms with Crippen LogP contribution < -0.4 is 5.32 Å². The predicted molar refractivity (Wildman–Crippen MR) is 58.0 cm³/mol. The van der Waals surface area contributed by atoms with E-state index in [0.717, 1.165) is 6.20 Å². The lowest BCUT2D eigenvalue weighted by atomic mass is 10.5. The number of imidazole rings is 1.